The van der Waals surface area contributed by atoms with E-state index in [0.717, 1.165) is 41.7 Å². The molecule has 1 N–H and O–H groups in total. The van der Waals surface area contributed by atoms with Gasteiger partial charge in [-0.2, -0.15) is 0 Å². The Morgan fingerprint density at radius 1 is 1.12 bits per heavy atom. The van der Waals surface area contributed by atoms with Gasteiger partial charge in [0.25, 0.3) is 5.91 Å². The topological polar surface area (TPSA) is 54.3 Å². The second kappa shape index (κ2) is 10.9. The highest BCUT2D eigenvalue weighted by Crippen LogP contribution is 2.30. The molecule has 2 aromatic carbocycles. The molecule has 4 rings (SSSR count). The third-order valence-electron chi connectivity index (χ3n) is 6.05. The number of fused-ring (bicyclic) bond motifs is 1. The minimum atomic E-state index is -0.232. The van der Waals surface area contributed by atoms with Crippen molar-refractivity contribution in [1.29, 1.82) is 0 Å². The van der Waals surface area contributed by atoms with E-state index in [2.05, 4.69) is 35.1 Å². The third-order valence-corrected chi connectivity index (χ3v) is 7.63. The van der Waals surface area contributed by atoms with E-state index in [1.165, 1.54) is 0 Å². The fourth-order valence-electron chi connectivity index (χ4n) is 4.06. The number of halogens is 2. The van der Waals surface area contributed by atoms with Gasteiger partial charge < -0.3 is 14.8 Å². The van der Waals surface area contributed by atoms with Crippen molar-refractivity contribution >= 4 is 57.7 Å². The van der Waals surface area contributed by atoms with Gasteiger partial charge in [-0.25, -0.2) is 0 Å². The van der Waals surface area contributed by atoms with Gasteiger partial charge in [-0.15, -0.1) is 11.8 Å². The molecule has 1 aliphatic heterocycles. The smallest absolute Gasteiger partial charge is 0.252 e. The lowest BCUT2D eigenvalue weighted by atomic mass is 9.99. The van der Waals surface area contributed by atoms with Gasteiger partial charge in [0.15, 0.2) is 0 Å². The van der Waals surface area contributed by atoms with E-state index in [4.69, 9.17) is 23.2 Å². The molecule has 2 heterocycles. The highest BCUT2D eigenvalue weighted by atomic mass is 35.5. The van der Waals surface area contributed by atoms with Gasteiger partial charge >= 0.3 is 0 Å². The first kappa shape index (κ1) is 24.0. The molecule has 174 valence electrons. The molecule has 0 atom stereocenters. The second-order valence-corrected chi connectivity index (χ2v) is 10.3. The summed E-state index contributed by atoms with van der Waals surface area (Å²) < 4.78 is 2.12. The van der Waals surface area contributed by atoms with Crippen molar-refractivity contribution in [2.75, 3.05) is 25.4 Å². The number of likely N-dealkylation sites (tertiary alicyclic amines) is 1. The molecule has 0 radical (unpaired) electrons. The molecule has 8 heteroatoms. The molecule has 0 saturated carbocycles. The number of carbonyl (C=O) groups is 2. The molecule has 1 aromatic heterocycles. The van der Waals surface area contributed by atoms with Gasteiger partial charge in [-0.3, -0.25) is 9.59 Å². The highest BCUT2D eigenvalue weighted by molar-refractivity contribution is 8.00. The Labute approximate surface area is 208 Å². The van der Waals surface area contributed by atoms with Gasteiger partial charge in [0.05, 0.1) is 16.3 Å². The summed E-state index contributed by atoms with van der Waals surface area (Å²) in [6, 6.07) is 13.0. The van der Waals surface area contributed by atoms with E-state index in [0.29, 0.717) is 40.4 Å². The predicted octanol–water partition coefficient (Wildman–Crippen LogP) is 5.73. The zero-order valence-electron chi connectivity index (χ0n) is 18.5. The molecule has 5 nitrogen and oxygen atoms in total. The van der Waals surface area contributed by atoms with Gasteiger partial charge in [0.2, 0.25) is 5.91 Å². The largest absolute Gasteiger partial charge is 0.350 e. The third kappa shape index (κ3) is 5.86. The van der Waals surface area contributed by atoms with E-state index >= 15 is 0 Å². The number of rotatable bonds is 7. The molecule has 2 amide bonds. The van der Waals surface area contributed by atoms with Crippen LogP contribution < -0.4 is 5.32 Å². The Balaban J connectivity index is 1.38. The normalized spacial score (nSPS) is 14.6. The number of para-hydroxylation sites is 1. The van der Waals surface area contributed by atoms with Crippen LogP contribution in [0.3, 0.4) is 0 Å². The first-order valence-corrected chi connectivity index (χ1v) is 12.9. The zero-order chi connectivity index (χ0) is 23.4. The lowest BCUT2D eigenvalue weighted by Crippen LogP contribution is -2.38. The fourth-order valence-corrected chi connectivity index (χ4v) is 5.55. The Bertz CT molecular complexity index is 1160. The number of nitrogens with zero attached hydrogens (tertiary/aromatic N) is 2. The second-order valence-electron chi connectivity index (χ2n) is 8.44. The van der Waals surface area contributed by atoms with Gasteiger partial charge in [0.1, 0.15) is 0 Å². The van der Waals surface area contributed by atoms with Crippen LogP contribution in [-0.4, -0.2) is 46.7 Å². The summed E-state index contributed by atoms with van der Waals surface area (Å²) in [5, 5.41) is 4.87. The molecule has 1 aliphatic rings. The number of carbonyl (C=O) groups excluding carboxylic acids is 2. The summed E-state index contributed by atoms with van der Waals surface area (Å²) >= 11 is 13.6. The quantitative estimate of drug-likeness (QED) is 0.419. The maximum absolute atomic E-state index is 12.7. The average molecular weight is 504 g/mol. The first-order valence-electron chi connectivity index (χ1n) is 11.1. The maximum atomic E-state index is 12.7. The molecule has 0 unspecified atom stereocenters. The Morgan fingerprint density at radius 3 is 2.64 bits per heavy atom. The molecule has 33 heavy (non-hydrogen) atoms. The molecule has 0 bridgehead atoms. The van der Waals surface area contributed by atoms with Gasteiger partial charge in [-0.05, 0) is 43.0 Å². The van der Waals surface area contributed by atoms with Gasteiger partial charge in [-0.1, -0.05) is 48.3 Å². The van der Waals surface area contributed by atoms with Crippen LogP contribution >= 0.6 is 35.0 Å². The van der Waals surface area contributed by atoms with Crippen LogP contribution in [0.15, 0.2) is 53.6 Å². The number of piperidine rings is 1. The molecule has 0 aliphatic carbocycles. The Hall–Kier alpha value is -2.15. The number of aromatic nitrogens is 1. The van der Waals surface area contributed by atoms with Crippen LogP contribution in [0.2, 0.25) is 10.0 Å². The standard InChI is InChI=1S/C25H27Cl2N3O2S/c1-17-8-11-29(12-9-17)24(31)16-33-23-15-30(22-5-3-2-4-20(22)23)13-10-28-25(32)19-7-6-18(26)14-21(19)27/h2-7,14-15,17H,8-13,16H2,1H3,(H,28,32). The molecule has 1 saturated heterocycles. The van der Waals surface area contributed by atoms with Crippen molar-refractivity contribution in [2.24, 2.45) is 5.92 Å². The van der Waals surface area contributed by atoms with E-state index in [1.54, 1.807) is 30.0 Å². The summed E-state index contributed by atoms with van der Waals surface area (Å²) in [4.78, 5) is 28.2. The lowest BCUT2D eigenvalue weighted by Gasteiger charge is -2.30. The van der Waals surface area contributed by atoms with Crippen LogP contribution in [0.4, 0.5) is 0 Å². The summed E-state index contributed by atoms with van der Waals surface area (Å²) in [7, 11) is 0. The van der Waals surface area contributed by atoms with Crippen LogP contribution in [0, 0.1) is 5.92 Å². The van der Waals surface area contributed by atoms with E-state index in [9.17, 15) is 9.59 Å². The molecular weight excluding hydrogens is 477 g/mol. The minimum absolute atomic E-state index is 0.204. The number of nitrogens with one attached hydrogen (secondary N) is 1. The maximum Gasteiger partial charge on any atom is 0.252 e. The van der Waals surface area contributed by atoms with Crippen molar-refractivity contribution in [3.8, 4) is 0 Å². The number of hydrogen-bond donors (Lipinski definition) is 1. The van der Waals surface area contributed by atoms with E-state index < -0.39 is 0 Å². The molecule has 1 fully saturated rings. The van der Waals surface area contributed by atoms with Gasteiger partial charge in [0, 0.05) is 53.2 Å². The highest BCUT2D eigenvalue weighted by Gasteiger charge is 2.21. The Kier molecular flexibility index (Phi) is 7.89. The van der Waals surface area contributed by atoms with Crippen LogP contribution in [0.25, 0.3) is 10.9 Å². The molecular formula is C25H27Cl2N3O2S. The number of amides is 2. The average Bonchev–Trinajstić information content (AvgIpc) is 3.15. The van der Waals surface area contributed by atoms with Crippen LogP contribution in [0.1, 0.15) is 30.1 Å². The van der Waals surface area contributed by atoms with E-state index in [-0.39, 0.29) is 11.8 Å². The van der Waals surface area contributed by atoms with Crippen molar-refractivity contribution in [2.45, 2.75) is 31.2 Å². The Morgan fingerprint density at radius 2 is 1.88 bits per heavy atom. The molecule has 3 aromatic rings. The van der Waals surface area contributed by atoms with Crippen LogP contribution in [0.5, 0.6) is 0 Å². The summed E-state index contributed by atoms with van der Waals surface area (Å²) in [6.07, 6.45) is 4.24. The summed E-state index contributed by atoms with van der Waals surface area (Å²) in [5.74, 6) is 1.12. The molecule has 0 spiro atoms. The van der Waals surface area contributed by atoms with E-state index in [1.807, 2.05) is 17.0 Å². The van der Waals surface area contributed by atoms with Crippen molar-refractivity contribution in [1.82, 2.24) is 14.8 Å². The monoisotopic (exact) mass is 503 g/mol. The SMILES string of the molecule is CC1CCN(C(=O)CSc2cn(CCNC(=O)c3ccc(Cl)cc3Cl)c3ccccc23)CC1. The van der Waals surface area contributed by atoms with Crippen molar-refractivity contribution < 1.29 is 9.59 Å². The number of benzene rings is 2. The predicted molar refractivity (Wildman–Crippen MR) is 136 cm³/mol. The number of thioether (sulfide) groups is 1. The number of hydrogen-bond acceptors (Lipinski definition) is 3. The summed E-state index contributed by atoms with van der Waals surface area (Å²) in [5.41, 5.74) is 1.48. The van der Waals surface area contributed by atoms with Crippen LogP contribution in [-0.2, 0) is 11.3 Å². The summed E-state index contributed by atoms with van der Waals surface area (Å²) in [6.45, 7) is 5.03. The van der Waals surface area contributed by atoms with Crippen molar-refractivity contribution in [3.05, 3.63) is 64.3 Å². The lowest BCUT2D eigenvalue weighted by molar-refractivity contribution is -0.129. The first-order chi connectivity index (χ1) is 15.9. The van der Waals surface area contributed by atoms with Crippen molar-refractivity contribution in [3.63, 3.8) is 0 Å². The fraction of sp³-hybridized carbons (Fsp3) is 0.360. The minimum Gasteiger partial charge on any atom is -0.350 e. The zero-order valence-corrected chi connectivity index (χ0v) is 20.8.